The summed E-state index contributed by atoms with van der Waals surface area (Å²) in [4.78, 5) is 27.9. The van der Waals surface area contributed by atoms with Gasteiger partial charge in [-0.25, -0.2) is 8.78 Å². The van der Waals surface area contributed by atoms with Crippen LogP contribution in [0.15, 0.2) is 82.7 Å². The van der Waals surface area contributed by atoms with Crippen LogP contribution in [0.3, 0.4) is 0 Å². The largest absolute Gasteiger partial charge is 0.507 e. The summed E-state index contributed by atoms with van der Waals surface area (Å²) < 4.78 is 32.9. The first-order chi connectivity index (χ1) is 18.9. The Hall–Kier alpha value is -4.09. The molecule has 198 valence electrons. The molecule has 1 fully saturated rings. The van der Waals surface area contributed by atoms with Gasteiger partial charge in [-0.05, 0) is 66.6 Å². The Bertz CT molecular complexity index is 1560. The van der Waals surface area contributed by atoms with E-state index in [1.165, 1.54) is 40.9 Å². The number of aliphatic hydroxyl groups excluding tert-OH is 1. The molecule has 1 aliphatic heterocycles. The van der Waals surface area contributed by atoms with Crippen molar-refractivity contribution in [2.24, 2.45) is 0 Å². The third kappa shape index (κ3) is 5.55. The molecular formula is C28H21F2N3O4S2. The van der Waals surface area contributed by atoms with E-state index in [4.69, 9.17) is 4.74 Å². The quantitative estimate of drug-likeness (QED) is 0.0903. The maximum atomic E-state index is 13.5. The van der Waals surface area contributed by atoms with Crippen LogP contribution in [0, 0.1) is 11.6 Å². The van der Waals surface area contributed by atoms with Gasteiger partial charge >= 0.3 is 5.91 Å². The molecule has 3 aromatic carbocycles. The monoisotopic (exact) mass is 565 g/mol. The van der Waals surface area contributed by atoms with Gasteiger partial charge in [0, 0.05) is 11.3 Å². The van der Waals surface area contributed by atoms with Crippen molar-refractivity contribution in [1.29, 1.82) is 0 Å². The van der Waals surface area contributed by atoms with E-state index in [1.807, 2.05) is 6.92 Å². The second-order valence-corrected chi connectivity index (χ2v) is 10.6. The highest BCUT2D eigenvalue weighted by molar-refractivity contribution is 8.00. The van der Waals surface area contributed by atoms with E-state index in [-0.39, 0.29) is 22.1 Å². The highest BCUT2D eigenvalue weighted by Crippen LogP contribution is 2.44. The molecule has 0 saturated carbocycles. The summed E-state index contributed by atoms with van der Waals surface area (Å²) in [5, 5.41) is 19.7. The third-order valence-corrected chi connectivity index (χ3v) is 8.05. The minimum atomic E-state index is -1.03. The molecule has 2 heterocycles. The number of ether oxygens (including phenoxy) is 1. The van der Waals surface area contributed by atoms with Crippen molar-refractivity contribution < 1.29 is 28.2 Å². The van der Waals surface area contributed by atoms with Gasteiger partial charge in [0.25, 0.3) is 5.78 Å². The fourth-order valence-corrected chi connectivity index (χ4v) is 5.96. The molecular weight excluding hydrogens is 544 g/mol. The highest BCUT2D eigenvalue weighted by atomic mass is 32.2. The Morgan fingerprint density at radius 1 is 1.03 bits per heavy atom. The fourth-order valence-electron chi connectivity index (χ4n) is 4.13. The van der Waals surface area contributed by atoms with Crippen LogP contribution in [0.25, 0.3) is 5.76 Å². The van der Waals surface area contributed by atoms with Crippen LogP contribution in [0.2, 0.25) is 0 Å². The summed E-state index contributed by atoms with van der Waals surface area (Å²) in [6.45, 7) is 2.24. The molecule has 0 spiro atoms. The van der Waals surface area contributed by atoms with Crippen molar-refractivity contribution in [1.82, 2.24) is 10.2 Å². The number of thioether (sulfide) groups is 1. The summed E-state index contributed by atoms with van der Waals surface area (Å²) in [7, 11) is 0. The molecule has 0 radical (unpaired) electrons. The van der Waals surface area contributed by atoms with Gasteiger partial charge in [-0.2, -0.15) is 0 Å². The number of anilines is 1. The van der Waals surface area contributed by atoms with E-state index in [0.717, 1.165) is 29.0 Å². The summed E-state index contributed by atoms with van der Waals surface area (Å²) >= 11 is 2.47. The smallest absolute Gasteiger partial charge is 0.301 e. The number of aliphatic hydroxyl groups is 1. The summed E-state index contributed by atoms with van der Waals surface area (Å²) in [5.74, 6) is -2.03. The number of carbonyl (C=O) groups is 2. The van der Waals surface area contributed by atoms with Gasteiger partial charge in [-0.3, -0.25) is 14.5 Å². The van der Waals surface area contributed by atoms with Crippen LogP contribution in [0.1, 0.15) is 29.7 Å². The lowest BCUT2D eigenvalue weighted by atomic mass is 9.95. The van der Waals surface area contributed by atoms with E-state index in [1.54, 1.807) is 36.4 Å². The van der Waals surface area contributed by atoms with Crippen molar-refractivity contribution in [3.63, 3.8) is 0 Å². The second-order valence-electron chi connectivity index (χ2n) is 8.45. The standard InChI is InChI=1S/C28H21F2N3O4S2/c1-2-37-21-5-3-4-18(14-21)23-22(24(34)17-8-12-20(30)13-9-17)25(35)26(36)33(23)27-31-32-28(39-27)38-15-16-6-10-19(29)11-7-16/h3-14,23,34H,2,15H2,1H3. The maximum Gasteiger partial charge on any atom is 0.301 e. The summed E-state index contributed by atoms with van der Waals surface area (Å²) in [6, 6.07) is 16.9. The molecule has 1 saturated heterocycles. The molecule has 11 heteroatoms. The van der Waals surface area contributed by atoms with Gasteiger partial charge in [0.05, 0.1) is 18.2 Å². The number of hydrogen-bond acceptors (Lipinski definition) is 8. The Kier molecular flexibility index (Phi) is 7.71. The third-order valence-electron chi connectivity index (χ3n) is 5.92. The highest BCUT2D eigenvalue weighted by Gasteiger charge is 2.48. The van der Waals surface area contributed by atoms with Crippen LogP contribution >= 0.6 is 23.1 Å². The molecule has 1 atom stereocenters. The lowest BCUT2D eigenvalue weighted by Gasteiger charge is -2.23. The van der Waals surface area contributed by atoms with Gasteiger partial charge in [0.15, 0.2) is 4.34 Å². The minimum absolute atomic E-state index is 0.157. The van der Waals surface area contributed by atoms with Crippen molar-refractivity contribution in [3.8, 4) is 5.75 Å². The first-order valence-corrected chi connectivity index (χ1v) is 13.7. The topological polar surface area (TPSA) is 92.6 Å². The molecule has 0 aliphatic carbocycles. The van der Waals surface area contributed by atoms with Gasteiger partial charge in [-0.1, -0.05) is 47.4 Å². The number of nitrogens with zero attached hydrogens (tertiary/aromatic N) is 3. The van der Waals surface area contributed by atoms with Crippen molar-refractivity contribution >= 4 is 45.7 Å². The van der Waals surface area contributed by atoms with Gasteiger partial charge in [-0.15, -0.1) is 10.2 Å². The number of amides is 1. The van der Waals surface area contributed by atoms with E-state index in [2.05, 4.69) is 10.2 Å². The minimum Gasteiger partial charge on any atom is -0.507 e. The number of ketones is 1. The number of aromatic nitrogens is 2. The first-order valence-electron chi connectivity index (χ1n) is 11.9. The van der Waals surface area contributed by atoms with E-state index in [9.17, 15) is 23.5 Å². The van der Waals surface area contributed by atoms with Gasteiger partial charge in [0.2, 0.25) is 5.13 Å². The van der Waals surface area contributed by atoms with Crippen molar-refractivity contribution in [2.45, 2.75) is 23.1 Å². The van der Waals surface area contributed by atoms with Crippen LogP contribution in [0.5, 0.6) is 5.75 Å². The number of hydrogen-bond donors (Lipinski definition) is 1. The molecule has 7 nitrogen and oxygen atoms in total. The zero-order valence-electron chi connectivity index (χ0n) is 20.5. The Labute approximate surface area is 230 Å². The summed E-state index contributed by atoms with van der Waals surface area (Å²) in [5.41, 5.74) is 1.43. The van der Waals surface area contributed by atoms with Gasteiger partial charge in [0.1, 0.15) is 23.1 Å². The van der Waals surface area contributed by atoms with Crippen LogP contribution in [0.4, 0.5) is 13.9 Å². The fraction of sp³-hybridized carbons (Fsp3) is 0.143. The first kappa shape index (κ1) is 26.5. The molecule has 1 N–H and O–H groups in total. The van der Waals surface area contributed by atoms with Crippen molar-refractivity contribution in [3.05, 3.63) is 107 Å². The lowest BCUT2D eigenvalue weighted by molar-refractivity contribution is -0.132. The molecule has 1 aliphatic rings. The van der Waals surface area contributed by atoms with Gasteiger partial charge < -0.3 is 9.84 Å². The molecule has 1 amide bonds. The number of rotatable bonds is 8. The maximum absolute atomic E-state index is 13.5. The van der Waals surface area contributed by atoms with Crippen LogP contribution < -0.4 is 9.64 Å². The average molecular weight is 566 g/mol. The molecule has 5 rings (SSSR count). The molecule has 0 bridgehead atoms. The zero-order chi connectivity index (χ0) is 27.5. The van der Waals surface area contributed by atoms with Crippen LogP contribution in [-0.4, -0.2) is 33.6 Å². The SMILES string of the molecule is CCOc1cccc(C2C(=C(O)c3ccc(F)cc3)C(=O)C(=O)N2c2nnc(SCc3ccc(F)cc3)s2)c1. The predicted molar refractivity (Wildman–Crippen MR) is 145 cm³/mol. The normalized spacial score (nSPS) is 16.6. The number of carbonyl (C=O) groups excluding carboxylic acids is 2. The second kappa shape index (κ2) is 11.3. The molecule has 39 heavy (non-hydrogen) atoms. The molecule has 1 unspecified atom stereocenters. The van der Waals surface area contributed by atoms with Crippen molar-refractivity contribution in [2.75, 3.05) is 11.5 Å². The Morgan fingerprint density at radius 2 is 1.72 bits per heavy atom. The number of halogens is 2. The molecule has 1 aromatic heterocycles. The summed E-state index contributed by atoms with van der Waals surface area (Å²) in [6.07, 6.45) is 0. The average Bonchev–Trinajstić information content (AvgIpc) is 3.51. The Balaban J connectivity index is 1.54. The molecule has 4 aromatic rings. The van der Waals surface area contributed by atoms with E-state index < -0.39 is 29.3 Å². The van der Waals surface area contributed by atoms with E-state index >= 15 is 0 Å². The van der Waals surface area contributed by atoms with E-state index in [0.29, 0.717) is 28.0 Å². The zero-order valence-corrected chi connectivity index (χ0v) is 22.1. The number of benzene rings is 3. The number of Topliss-reactive ketones (excluding diaryl/α,β-unsaturated/α-hetero) is 1. The Morgan fingerprint density at radius 3 is 2.41 bits per heavy atom. The van der Waals surface area contributed by atoms with Crippen LogP contribution in [-0.2, 0) is 15.3 Å². The predicted octanol–water partition coefficient (Wildman–Crippen LogP) is 6.13. The lowest BCUT2D eigenvalue weighted by Crippen LogP contribution is -2.29.